The van der Waals surface area contributed by atoms with Gasteiger partial charge in [-0.25, -0.2) is 0 Å². The van der Waals surface area contributed by atoms with E-state index < -0.39 is 0 Å². The predicted octanol–water partition coefficient (Wildman–Crippen LogP) is 4.13. The summed E-state index contributed by atoms with van der Waals surface area (Å²) < 4.78 is 0. The van der Waals surface area contributed by atoms with Gasteiger partial charge in [-0.3, -0.25) is 15.0 Å². The number of thiophene rings is 1. The number of nitrogens with zero attached hydrogens (tertiary/aromatic N) is 1. The Morgan fingerprint density at radius 1 is 1.10 bits per heavy atom. The van der Waals surface area contributed by atoms with E-state index in [4.69, 9.17) is 0 Å². The van der Waals surface area contributed by atoms with Crippen LogP contribution in [0.15, 0.2) is 72.1 Å². The number of hydrogen-bond acceptors (Lipinski definition) is 4. The molecule has 0 unspecified atom stereocenters. The lowest BCUT2D eigenvalue weighted by Gasteiger charge is -2.20. The molecule has 2 N–H and O–H groups in total. The molecule has 4 nitrogen and oxygen atoms in total. The summed E-state index contributed by atoms with van der Waals surface area (Å²) in [5.41, 5.74) is 3.75. The van der Waals surface area contributed by atoms with Crippen molar-refractivity contribution < 1.29 is 4.79 Å². The van der Waals surface area contributed by atoms with Crippen LogP contribution in [0.3, 0.4) is 0 Å². The first-order chi connectivity index (χ1) is 14.7. The highest BCUT2D eigenvalue weighted by Crippen LogP contribution is 2.26. The molecule has 0 saturated carbocycles. The van der Waals surface area contributed by atoms with Crippen LogP contribution in [0.4, 0.5) is 0 Å². The highest BCUT2D eigenvalue weighted by molar-refractivity contribution is 7.10. The molecule has 2 heterocycles. The molecule has 1 saturated heterocycles. The van der Waals surface area contributed by atoms with E-state index in [1.54, 1.807) is 11.3 Å². The molecule has 0 spiro atoms. The summed E-state index contributed by atoms with van der Waals surface area (Å²) in [6.07, 6.45) is 1.00. The van der Waals surface area contributed by atoms with Gasteiger partial charge in [-0.15, -0.1) is 11.3 Å². The van der Waals surface area contributed by atoms with Gasteiger partial charge in [-0.05, 0) is 35.9 Å². The zero-order chi connectivity index (χ0) is 20.8. The van der Waals surface area contributed by atoms with E-state index in [1.165, 1.54) is 21.6 Å². The van der Waals surface area contributed by atoms with Gasteiger partial charge in [0.2, 0.25) is 5.91 Å². The predicted molar refractivity (Wildman–Crippen MR) is 124 cm³/mol. The third-order valence-electron chi connectivity index (χ3n) is 5.59. The molecule has 1 aromatic heterocycles. The summed E-state index contributed by atoms with van der Waals surface area (Å²) >= 11 is 1.71. The maximum absolute atomic E-state index is 12.6. The highest BCUT2D eigenvalue weighted by Gasteiger charge is 2.24. The number of benzene rings is 2. The fourth-order valence-corrected chi connectivity index (χ4v) is 4.83. The van der Waals surface area contributed by atoms with Crippen LogP contribution >= 0.6 is 11.3 Å². The van der Waals surface area contributed by atoms with E-state index in [9.17, 15) is 4.79 Å². The molecule has 30 heavy (non-hydrogen) atoms. The van der Waals surface area contributed by atoms with Crippen molar-refractivity contribution in [3.63, 3.8) is 0 Å². The van der Waals surface area contributed by atoms with Gasteiger partial charge in [0.25, 0.3) is 0 Å². The van der Waals surface area contributed by atoms with Crippen molar-refractivity contribution in [1.82, 2.24) is 15.5 Å². The molecule has 1 aliphatic rings. The molecule has 3 aromatic rings. The second kappa shape index (κ2) is 10.0. The summed E-state index contributed by atoms with van der Waals surface area (Å²) in [4.78, 5) is 16.3. The third kappa shape index (κ3) is 5.57. The Bertz CT molecular complexity index is 925. The van der Waals surface area contributed by atoms with Crippen molar-refractivity contribution >= 4 is 17.2 Å². The summed E-state index contributed by atoms with van der Waals surface area (Å²) in [7, 11) is 0. The lowest BCUT2D eigenvalue weighted by Crippen LogP contribution is -2.42. The molecular formula is C25H29N3OS. The molecule has 5 heteroatoms. The van der Waals surface area contributed by atoms with Crippen LogP contribution in [0.1, 0.15) is 34.0 Å². The number of carbonyl (C=O) groups is 1. The van der Waals surface area contributed by atoms with Crippen molar-refractivity contribution in [3.05, 3.63) is 93.7 Å². The van der Waals surface area contributed by atoms with Crippen LogP contribution < -0.4 is 10.6 Å². The van der Waals surface area contributed by atoms with E-state index >= 15 is 0 Å². The quantitative estimate of drug-likeness (QED) is 0.577. The normalized spacial score (nSPS) is 17.7. The van der Waals surface area contributed by atoms with Crippen LogP contribution in [0.25, 0.3) is 0 Å². The van der Waals surface area contributed by atoms with Crippen molar-refractivity contribution in [2.75, 3.05) is 19.6 Å². The maximum atomic E-state index is 12.6. The minimum Gasteiger partial charge on any atom is -0.351 e. The first-order valence-electron chi connectivity index (χ1n) is 10.6. The van der Waals surface area contributed by atoms with E-state index in [0.29, 0.717) is 6.54 Å². The molecule has 156 valence electrons. The molecule has 1 fully saturated rings. The zero-order valence-electron chi connectivity index (χ0n) is 17.4. The lowest BCUT2D eigenvalue weighted by molar-refractivity contribution is -0.120. The van der Waals surface area contributed by atoms with Gasteiger partial charge in [0.1, 0.15) is 0 Å². The number of carbonyl (C=O) groups excluding carboxylic acids is 1. The zero-order valence-corrected chi connectivity index (χ0v) is 18.2. The van der Waals surface area contributed by atoms with Gasteiger partial charge in [0.15, 0.2) is 0 Å². The average Bonchev–Trinajstić information content (AvgIpc) is 3.43. The van der Waals surface area contributed by atoms with E-state index in [0.717, 1.165) is 26.1 Å². The summed E-state index contributed by atoms with van der Waals surface area (Å²) in [6.45, 7) is 5.28. The van der Waals surface area contributed by atoms with E-state index in [-0.39, 0.29) is 18.0 Å². The second-order valence-electron chi connectivity index (χ2n) is 8.01. The van der Waals surface area contributed by atoms with E-state index in [1.807, 2.05) is 6.07 Å². The molecule has 2 atom stereocenters. The molecule has 1 amide bonds. The minimum absolute atomic E-state index is 0.0366. The highest BCUT2D eigenvalue weighted by atomic mass is 32.1. The van der Waals surface area contributed by atoms with Gasteiger partial charge >= 0.3 is 0 Å². The van der Waals surface area contributed by atoms with Gasteiger partial charge in [0.05, 0.1) is 12.6 Å². The number of hydrogen-bond donors (Lipinski definition) is 2. The molecule has 2 aromatic carbocycles. The number of rotatable bonds is 8. The number of aryl methyl sites for hydroxylation is 1. The topological polar surface area (TPSA) is 44.4 Å². The van der Waals surface area contributed by atoms with Crippen LogP contribution in [0, 0.1) is 6.92 Å². The Labute approximate surface area is 182 Å². The molecule has 1 aliphatic heterocycles. The van der Waals surface area contributed by atoms with Crippen LogP contribution in [0.5, 0.6) is 0 Å². The summed E-state index contributed by atoms with van der Waals surface area (Å²) in [5, 5.41) is 8.77. The molecule has 4 rings (SSSR count). The number of nitrogens with one attached hydrogen (secondary N) is 2. The molecular weight excluding hydrogens is 390 g/mol. The number of likely N-dealkylation sites (tertiary alicyclic amines) is 1. The van der Waals surface area contributed by atoms with Crippen molar-refractivity contribution in [1.29, 1.82) is 0 Å². The Hall–Kier alpha value is -2.47. The Morgan fingerprint density at radius 2 is 1.90 bits per heavy atom. The lowest BCUT2D eigenvalue weighted by atomic mass is 10.0. The Morgan fingerprint density at radius 3 is 2.63 bits per heavy atom. The Balaban J connectivity index is 1.29. The molecule has 0 aliphatic carbocycles. The van der Waals surface area contributed by atoms with Gasteiger partial charge in [-0.1, -0.05) is 66.2 Å². The van der Waals surface area contributed by atoms with Crippen LogP contribution in [-0.2, 0) is 11.3 Å². The van der Waals surface area contributed by atoms with Gasteiger partial charge < -0.3 is 5.32 Å². The smallest absolute Gasteiger partial charge is 0.234 e. The monoisotopic (exact) mass is 419 g/mol. The van der Waals surface area contributed by atoms with Gasteiger partial charge in [0, 0.05) is 30.6 Å². The fourth-order valence-electron chi connectivity index (χ4n) is 4.01. The van der Waals surface area contributed by atoms with Crippen LogP contribution in [0.2, 0.25) is 0 Å². The van der Waals surface area contributed by atoms with E-state index in [2.05, 4.69) is 88.5 Å². The number of amides is 1. The second-order valence-corrected chi connectivity index (χ2v) is 8.99. The average molecular weight is 420 g/mol. The summed E-state index contributed by atoms with van der Waals surface area (Å²) in [6, 6.07) is 23.5. The van der Waals surface area contributed by atoms with Gasteiger partial charge in [-0.2, -0.15) is 0 Å². The SMILES string of the molecule is Cc1ccc([C@H](NCC(=O)N[C@H]2CCN(Cc3ccccc3)C2)c2cccs2)cc1. The van der Waals surface area contributed by atoms with Crippen molar-refractivity contribution in [2.45, 2.75) is 32.0 Å². The first kappa shape index (κ1) is 20.8. The Kier molecular flexibility index (Phi) is 6.95. The summed E-state index contributed by atoms with van der Waals surface area (Å²) in [5.74, 6) is 0.0650. The largest absolute Gasteiger partial charge is 0.351 e. The van der Waals surface area contributed by atoms with Crippen molar-refractivity contribution in [3.8, 4) is 0 Å². The van der Waals surface area contributed by atoms with Crippen molar-refractivity contribution in [2.24, 2.45) is 0 Å². The fraction of sp³-hybridized carbons (Fsp3) is 0.320. The first-order valence-corrected chi connectivity index (χ1v) is 11.4. The maximum Gasteiger partial charge on any atom is 0.234 e. The van der Waals surface area contributed by atoms with Crippen LogP contribution in [-0.4, -0.2) is 36.5 Å². The standard InChI is InChI=1S/C25H29N3OS/c1-19-9-11-21(12-10-19)25(23-8-5-15-30-23)26-16-24(29)27-22-13-14-28(18-22)17-20-6-3-2-4-7-20/h2-12,15,22,25-26H,13-14,16-18H2,1H3,(H,27,29)/t22-,25-/m0/s1. The minimum atomic E-state index is 0.0366. The molecule has 0 radical (unpaired) electrons. The molecule has 0 bridgehead atoms. The third-order valence-corrected chi connectivity index (χ3v) is 6.53.